The standard InChI is InChI=1S/C6H12INO2/c1-6(2,8(9)10)4-3-5-7/h3-5H2,1-2H3. The Bertz CT molecular complexity index is 125. The van der Waals surface area contributed by atoms with Gasteiger partial charge in [0.2, 0.25) is 5.54 Å². The largest absolute Gasteiger partial charge is 0.264 e. The number of halogens is 1. The van der Waals surface area contributed by atoms with Gasteiger partial charge in [-0.15, -0.1) is 0 Å². The summed E-state index contributed by atoms with van der Waals surface area (Å²) in [7, 11) is 0. The minimum Gasteiger partial charge on any atom is -0.264 e. The summed E-state index contributed by atoms with van der Waals surface area (Å²) < 4.78 is 0.995. The molecule has 0 aromatic rings. The summed E-state index contributed by atoms with van der Waals surface area (Å²) in [5.74, 6) is 0. The molecule has 4 heteroatoms. The molecule has 3 nitrogen and oxygen atoms in total. The van der Waals surface area contributed by atoms with Crippen LogP contribution in [0.3, 0.4) is 0 Å². The third kappa shape index (κ3) is 3.34. The van der Waals surface area contributed by atoms with Crippen molar-refractivity contribution in [3.63, 3.8) is 0 Å². The Balaban J connectivity index is 3.75. The van der Waals surface area contributed by atoms with E-state index in [0.717, 1.165) is 10.8 Å². The van der Waals surface area contributed by atoms with E-state index in [1.807, 2.05) is 0 Å². The van der Waals surface area contributed by atoms with E-state index < -0.39 is 5.54 Å². The minimum atomic E-state index is -0.731. The Morgan fingerprint density at radius 1 is 1.60 bits per heavy atom. The maximum absolute atomic E-state index is 10.3. The van der Waals surface area contributed by atoms with Gasteiger partial charge in [-0.1, -0.05) is 22.6 Å². The predicted molar refractivity (Wildman–Crippen MR) is 49.2 cm³/mol. The molecule has 0 bridgehead atoms. The number of hydrogen-bond acceptors (Lipinski definition) is 2. The number of hydrogen-bond donors (Lipinski definition) is 0. The van der Waals surface area contributed by atoms with Gasteiger partial charge in [0.1, 0.15) is 0 Å². The Labute approximate surface area is 74.5 Å². The van der Waals surface area contributed by atoms with Gasteiger partial charge in [0, 0.05) is 25.2 Å². The topological polar surface area (TPSA) is 43.1 Å². The van der Waals surface area contributed by atoms with Gasteiger partial charge in [-0.05, 0) is 10.8 Å². The van der Waals surface area contributed by atoms with Crippen molar-refractivity contribution < 1.29 is 4.92 Å². The van der Waals surface area contributed by atoms with Crippen molar-refractivity contribution in [3.8, 4) is 0 Å². The third-order valence-corrected chi connectivity index (χ3v) is 2.18. The summed E-state index contributed by atoms with van der Waals surface area (Å²) in [5, 5.41) is 10.3. The molecule has 0 rings (SSSR count). The maximum Gasteiger partial charge on any atom is 0.216 e. The van der Waals surface area contributed by atoms with Gasteiger partial charge < -0.3 is 0 Å². The molecule has 0 spiro atoms. The molecule has 0 atom stereocenters. The molecular weight excluding hydrogens is 245 g/mol. The van der Waals surface area contributed by atoms with Crippen molar-refractivity contribution >= 4 is 22.6 Å². The van der Waals surface area contributed by atoms with Crippen LogP contribution in [0.4, 0.5) is 0 Å². The quantitative estimate of drug-likeness (QED) is 0.335. The fraction of sp³-hybridized carbons (Fsp3) is 1.00. The van der Waals surface area contributed by atoms with Crippen molar-refractivity contribution in [1.29, 1.82) is 0 Å². The summed E-state index contributed by atoms with van der Waals surface area (Å²) in [6, 6.07) is 0. The van der Waals surface area contributed by atoms with Crippen molar-refractivity contribution in [2.24, 2.45) is 0 Å². The lowest BCUT2D eigenvalue weighted by Crippen LogP contribution is -2.30. The molecule has 0 aliphatic heterocycles. The van der Waals surface area contributed by atoms with E-state index in [2.05, 4.69) is 22.6 Å². The number of alkyl halides is 1. The molecule has 0 fully saturated rings. The van der Waals surface area contributed by atoms with Crippen LogP contribution in [-0.4, -0.2) is 14.9 Å². The average Bonchev–Trinajstić information content (AvgIpc) is 1.84. The lowest BCUT2D eigenvalue weighted by Gasteiger charge is -2.13. The minimum absolute atomic E-state index is 0.209. The number of nitrogens with zero attached hydrogens (tertiary/aromatic N) is 1. The Kier molecular flexibility index (Phi) is 4.15. The monoisotopic (exact) mass is 257 g/mol. The first-order valence-electron chi connectivity index (χ1n) is 3.21. The molecule has 0 aromatic heterocycles. The van der Waals surface area contributed by atoms with Crippen LogP contribution in [0.5, 0.6) is 0 Å². The van der Waals surface area contributed by atoms with Crippen LogP contribution in [-0.2, 0) is 0 Å². The third-order valence-electron chi connectivity index (χ3n) is 1.42. The van der Waals surface area contributed by atoms with E-state index in [1.165, 1.54) is 0 Å². The zero-order valence-corrected chi connectivity index (χ0v) is 8.42. The van der Waals surface area contributed by atoms with Gasteiger partial charge in [-0.3, -0.25) is 10.1 Å². The molecule has 0 heterocycles. The van der Waals surface area contributed by atoms with Crippen LogP contribution < -0.4 is 0 Å². The molecule has 0 aromatic carbocycles. The SMILES string of the molecule is CC(C)(CCCI)[N+](=O)[O-]. The van der Waals surface area contributed by atoms with E-state index in [1.54, 1.807) is 13.8 Å². The average molecular weight is 257 g/mol. The van der Waals surface area contributed by atoms with Crippen LogP contribution in [0, 0.1) is 10.1 Å². The van der Waals surface area contributed by atoms with E-state index >= 15 is 0 Å². The molecule has 0 saturated carbocycles. The van der Waals surface area contributed by atoms with E-state index in [9.17, 15) is 10.1 Å². The van der Waals surface area contributed by atoms with Crippen LogP contribution >= 0.6 is 22.6 Å². The molecule has 10 heavy (non-hydrogen) atoms. The van der Waals surface area contributed by atoms with E-state index in [4.69, 9.17) is 0 Å². The second-order valence-electron chi connectivity index (χ2n) is 2.86. The Morgan fingerprint density at radius 2 is 2.10 bits per heavy atom. The Hall–Kier alpha value is 0.130. The summed E-state index contributed by atoms with van der Waals surface area (Å²) in [5.41, 5.74) is -0.731. The highest BCUT2D eigenvalue weighted by Crippen LogP contribution is 2.15. The first-order chi connectivity index (χ1) is 4.50. The van der Waals surface area contributed by atoms with Crippen molar-refractivity contribution in [1.82, 2.24) is 0 Å². The number of nitro groups is 1. The summed E-state index contributed by atoms with van der Waals surface area (Å²) in [6.45, 7) is 3.33. The fourth-order valence-electron chi connectivity index (χ4n) is 0.591. The molecule has 0 aliphatic rings. The van der Waals surface area contributed by atoms with Gasteiger partial charge in [-0.2, -0.15) is 0 Å². The van der Waals surface area contributed by atoms with Crippen LogP contribution in [0.15, 0.2) is 0 Å². The van der Waals surface area contributed by atoms with Crippen LogP contribution in [0.25, 0.3) is 0 Å². The van der Waals surface area contributed by atoms with Gasteiger partial charge in [0.25, 0.3) is 0 Å². The summed E-state index contributed by atoms with van der Waals surface area (Å²) in [4.78, 5) is 10.1. The maximum atomic E-state index is 10.3. The molecule has 60 valence electrons. The lowest BCUT2D eigenvalue weighted by atomic mass is 10.0. The van der Waals surface area contributed by atoms with Crippen LogP contribution in [0.1, 0.15) is 26.7 Å². The fourth-order valence-corrected chi connectivity index (χ4v) is 0.972. The van der Waals surface area contributed by atoms with E-state index in [-0.39, 0.29) is 4.92 Å². The highest BCUT2D eigenvalue weighted by atomic mass is 127. The summed E-state index contributed by atoms with van der Waals surface area (Å²) in [6.07, 6.45) is 1.59. The van der Waals surface area contributed by atoms with Gasteiger partial charge in [0.15, 0.2) is 0 Å². The molecule has 0 saturated heterocycles. The highest BCUT2D eigenvalue weighted by molar-refractivity contribution is 14.1. The smallest absolute Gasteiger partial charge is 0.216 e. The second kappa shape index (κ2) is 4.10. The zero-order valence-electron chi connectivity index (χ0n) is 6.26. The normalized spacial score (nSPS) is 11.5. The Morgan fingerprint density at radius 3 is 2.40 bits per heavy atom. The summed E-state index contributed by atoms with van der Waals surface area (Å²) >= 11 is 2.23. The van der Waals surface area contributed by atoms with Crippen molar-refractivity contribution in [2.45, 2.75) is 32.2 Å². The first-order valence-corrected chi connectivity index (χ1v) is 4.74. The second-order valence-corrected chi connectivity index (χ2v) is 3.94. The molecular formula is C6H12INO2. The van der Waals surface area contributed by atoms with E-state index in [0.29, 0.717) is 6.42 Å². The molecule has 0 N–H and O–H groups in total. The highest BCUT2D eigenvalue weighted by Gasteiger charge is 2.29. The molecule has 0 amide bonds. The molecule has 0 unspecified atom stereocenters. The predicted octanol–water partition coefficient (Wildman–Crippen LogP) is 2.26. The number of rotatable bonds is 4. The molecule has 0 radical (unpaired) electrons. The first kappa shape index (κ1) is 10.1. The van der Waals surface area contributed by atoms with Gasteiger partial charge >= 0.3 is 0 Å². The molecule has 0 aliphatic carbocycles. The van der Waals surface area contributed by atoms with Crippen molar-refractivity contribution in [2.75, 3.05) is 4.43 Å². The van der Waals surface area contributed by atoms with Gasteiger partial charge in [-0.25, -0.2) is 0 Å². The lowest BCUT2D eigenvalue weighted by molar-refractivity contribution is -0.561. The zero-order chi connectivity index (χ0) is 8.20. The van der Waals surface area contributed by atoms with Crippen LogP contribution in [0.2, 0.25) is 0 Å². The van der Waals surface area contributed by atoms with Crippen molar-refractivity contribution in [3.05, 3.63) is 10.1 Å². The van der Waals surface area contributed by atoms with Gasteiger partial charge in [0.05, 0.1) is 0 Å².